The van der Waals surface area contributed by atoms with Gasteiger partial charge in [-0.05, 0) is 0 Å². The Hall–Kier alpha value is 1.66. The molecule has 0 aliphatic heterocycles. The zero-order valence-corrected chi connectivity index (χ0v) is 15.2. The van der Waals surface area contributed by atoms with Gasteiger partial charge >= 0.3 is 51.7 Å². The van der Waals surface area contributed by atoms with Crippen LogP contribution in [0.2, 0.25) is 0 Å². The van der Waals surface area contributed by atoms with E-state index in [1.807, 2.05) is 13.8 Å². The molecule has 4 heteroatoms. The fourth-order valence-corrected chi connectivity index (χ4v) is 0.289. The summed E-state index contributed by atoms with van der Waals surface area (Å²) in [7, 11) is 0. The number of hydrogen-bond donors (Lipinski definition) is 0. The van der Waals surface area contributed by atoms with E-state index < -0.39 is 0 Å². The molecule has 64 valence electrons. The third-order valence-corrected chi connectivity index (χ3v) is 0.996. The normalized spacial score (nSPS) is 7.00. The molecule has 0 aromatic heterocycles. The molecular formula is C8H18Hf2O2+6. The van der Waals surface area contributed by atoms with Gasteiger partial charge in [-0.15, -0.1) is 13.2 Å². The minimum absolute atomic E-state index is 0. The molecule has 2 nitrogen and oxygen atoms in total. The van der Waals surface area contributed by atoms with E-state index in [2.05, 4.69) is 0 Å². The van der Waals surface area contributed by atoms with Crippen molar-refractivity contribution < 1.29 is 61.9 Å². The van der Waals surface area contributed by atoms with Crippen LogP contribution in [-0.4, -0.2) is 13.2 Å². The molecule has 0 spiro atoms. The molecule has 0 aliphatic carbocycles. The molecule has 0 amide bonds. The van der Waals surface area contributed by atoms with Crippen molar-refractivity contribution in [1.29, 1.82) is 0 Å². The van der Waals surface area contributed by atoms with Crippen molar-refractivity contribution in [3.05, 3.63) is 0 Å². The summed E-state index contributed by atoms with van der Waals surface area (Å²) in [6, 6.07) is 0. The second-order valence-electron chi connectivity index (χ2n) is 2.12. The van der Waals surface area contributed by atoms with Crippen LogP contribution < -0.4 is 10.2 Å². The first-order valence-electron chi connectivity index (χ1n) is 3.99. The van der Waals surface area contributed by atoms with E-state index >= 15 is 0 Å². The molecule has 0 aliphatic rings. The average molecular weight is 503 g/mol. The van der Waals surface area contributed by atoms with Crippen LogP contribution in [0.1, 0.15) is 39.5 Å². The Kier molecular flexibility index (Phi) is 57.4. The number of unbranched alkanes of at least 4 members (excludes halogenated alkanes) is 2. The predicted molar refractivity (Wildman–Crippen MR) is 39.6 cm³/mol. The summed E-state index contributed by atoms with van der Waals surface area (Å²) < 4.78 is 0. The summed E-state index contributed by atoms with van der Waals surface area (Å²) >= 11 is 0. The second-order valence-corrected chi connectivity index (χ2v) is 2.12. The molecule has 12 heavy (non-hydrogen) atoms. The standard InChI is InChI=1S/2C4H9O.2Hf/c2*1-2-3-4-5;;/h2*2-4H2,1H3;;/q2*-1;2*+4. The zero-order valence-electron chi connectivity index (χ0n) is 8.06. The van der Waals surface area contributed by atoms with Gasteiger partial charge in [-0.2, -0.15) is 0 Å². The van der Waals surface area contributed by atoms with E-state index in [9.17, 15) is 10.2 Å². The van der Waals surface area contributed by atoms with E-state index in [0.29, 0.717) is 0 Å². The van der Waals surface area contributed by atoms with Gasteiger partial charge in [-0.1, -0.05) is 39.5 Å². The van der Waals surface area contributed by atoms with Crippen molar-refractivity contribution in [2.75, 3.05) is 13.2 Å². The second kappa shape index (κ2) is 29.3. The minimum Gasteiger partial charge on any atom is -0.854 e. The summed E-state index contributed by atoms with van der Waals surface area (Å²) in [5.41, 5.74) is 0. The molecule has 0 saturated heterocycles. The van der Waals surface area contributed by atoms with E-state index in [0.717, 1.165) is 25.7 Å². The first-order valence-corrected chi connectivity index (χ1v) is 3.99. The van der Waals surface area contributed by atoms with Crippen molar-refractivity contribution in [1.82, 2.24) is 0 Å². The van der Waals surface area contributed by atoms with E-state index in [1.54, 1.807) is 0 Å². The molecular weight excluding hydrogens is 485 g/mol. The monoisotopic (exact) mass is 506 g/mol. The van der Waals surface area contributed by atoms with Crippen molar-refractivity contribution in [3.63, 3.8) is 0 Å². The van der Waals surface area contributed by atoms with E-state index in [1.165, 1.54) is 0 Å². The van der Waals surface area contributed by atoms with Crippen molar-refractivity contribution in [2.24, 2.45) is 0 Å². The van der Waals surface area contributed by atoms with Crippen LogP contribution in [-0.2, 0) is 51.7 Å². The van der Waals surface area contributed by atoms with Crippen LogP contribution in [0.4, 0.5) is 0 Å². The molecule has 0 bridgehead atoms. The zero-order chi connectivity index (χ0) is 8.24. The summed E-state index contributed by atoms with van der Waals surface area (Å²) in [5, 5.41) is 19.1. The SMILES string of the molecule is CCCC[O-].CCCC[O-].[Hf+4].[Hf+4]. The molecule has 0 fully saturated rings. The maximum atomic E-state index is 9.53. The van der Waals surface area contributed by atoms with Gasteiger partial charge in [0.1, 0.15) is 0 Å². The molecule has 0 heterocycles. The largest absolute Gasteiger partial charge is 4.00 e. The molecule has 0 atom stereocenters. The van der Waals surface area contributed by atoms with Crippen LogP contribution in [0, 0.1) is 0 Å². The molecule has 0 rings (SSSR count). The van der Waals surface area contributed by atoms with Crippen molar-refractivity contribution in [2.45, 2.75) is 39.5 Å². The quantitative estimate of drug-likeness (QED) is 0.519. The Balaban J connectivity index is -0.0000000457. The van der Waals surface area contributed by atoms with Gasteiger partial charge in [0.2, 0.25) is 0 Å². The summed E-state index contributed by atoms with van der Waals surface area (Å²) in [4.78, 5) is 0. The number of rotatable bonds is 4. The van der Waals surface area contributed by atoms with Gasteiger partial charge < -0.3 is 10.2 Å². The molecule has 0 saturated carbocycles. The first-order chi connectivity index (χ1) is 4.83. The Morgan fingerprint density at radius 2 is 1.00 bits per heavy atom. The van der Waals surface area contributed by atoms with Crippen LogP contribution in [0.25, 0.3) is 0 Å². The Bertz CT molecular complexity index is 36.0. The van der Waals surface area contributed by atoms with Gasteiger partial charge in [-0.25, -0.2) is 0 Å². The van der Waals surface area contributed by atoms with Crippen molar-refractivity contribution >= 4 is 0 Å². The van der Waals surface area contributed by atoms with Crippen LogP contribution in [0.15, 0.2) is 0 Å². The molecule has 0 N–H and O–H groups in total. The Labute approximate surface area is 114 Å². The molecule has 0 aromatic carbocycles. The van der Waals surface area contributed by atoms with Crippen LogP contribution >= 0.6 is 0 Å². The Morgan fingerprint density at radius 3 is 1.00 bits per heavy atom. The maximum Gasteiger partial charge on any atom is 4.00 e. The number of hydrogen-bond acceptors (Lipinski definition) is 2. The fourth-order valence-electron chi connectivity index (χ4n) is 0.289. The predicted octanol–water partition coefficient (Wildman–Crippen LogP) is 0.289. The average Bonchev–Trinajstić information content (AvgIpc) is 1.93. The van der Waals surface area contributed by atoms with E-state index in [4.69, 9.17) is 0 Å². The van der Waals surface area contributed by atoms with Gasteiger partial charge in [0, 0.05) is 0 Å². The van der Waals surface area contributed by atoms with Gasteiger partial charge in [0.15, 0.2) is 0 Å². The van der Waals surface area contributed by atoms with Crippen molar-refractivity contribution in [3.8, 4) is 0 Å². The van der Waals surface area contributed by atoms with Gasteiger partial charge in [0.25, 0.3) is 0 Å². The summed E-state index contributed by atoms with van der Waals surface area (Å²) in [6.45, 7) is 4.21. The topological polar surface area (TPSA) is 46.1 Å². The minimum atomic E-state index is 0. The summed E-state index contributed by atoms with van der Waals surface area (Å²) in [5.74, 6) is 0. The molecule has 0 unspecified atom stereocenters. The third-order valence-electron chi connectivity index (χ3n) is 0.996. The van der Waals surface area contributed by atoms with E-state index in [-0.39, 0.29) is 64.9 Å². The smallest absolute Gasteiger partial charge is 0.854 e. The molecule has 0 radical (unpaired) electrons. The fraction of sp³-hybridized carbons (Fsp3) is 1.00. The third kappa shape index (κ3) is 41.4. The van der Waals surface area contributed by atoms with Crippen LogP contribution in [0.3, 0.4) is 0 Å². The maximum absolute atomic E-state index is 9.53. The van der Waals surface area contributed by atoms with Gasteiger partial charge in [0.05, 0.1) is 0 Å². The molecule has 0 aromatic rings. The van der Waals surface area contributed by atoms with Gasteiger partial charge in [-0.3, -0.25) is 0 Å². The Morgan fingerprint density at radius 1 is 0.750 bits per heavy atom. The summed E-state index contributed by atoms with van der Waals surface area (Å²) in [6.07, 6.45) is 3.73. The first kappa shape index (κ1) is 23.5. The van der Waals surface area contributed by atoms with Crippen LogP contribution in [0.5, 0.6) is 0 Å².